The molecule has 0 aliphatic carbocycles. The molecular weight excluding hydrogens is 412 g/mol. The predicted octanol–water partition coefficient (Wildman–Crippen LogP) is 4.55. The monoisotopic (exact) mass is 436 g/mol. The number of ether oxygens (including phenoxy) is 1. The van der Waals surface area contributed by atoms with Crippen LogP contribution in [0.1, 0.15) is 43.0 Å². The summed E-state index contributed by atoms with van der Waals surface area (Å²) in [6, 6.07) is 11.1. The fourth-order valence-electron chi connectivity index (χ4n) is 3.60. The molecule has 6 nitrogen and oxygen atoms in total. The Hall–Kier alpha value is -2.09. The molecule has 0 spiro atoms. The van der Waals surface area contributed by atoms with Crippen LogP contribution in [0.3, 0.4) is 0 Å². The Morgan fingerprint density at radius 2 is 1.93 bits per heavy atom. The Balaban J connectivity index is 1.78. The smallest absolute Gasteiger partial charge is 0.259 e. The van der Waals surface area contributed by atoms with Crippen LogP contribution in [0.15, 0.2) is 47.4 Å². The number of benzene rings is 2. The van der Waals surface area contributed by atoms with Crippen molar-refractivity contribution >= 4 is 33.2 Å². The quantitative estimate of drug-likeness (QED) is 0.720. The molecule has 0 aromatic heterocycles. The molecule has 3 rings (SSSR count). The van der Waals surface area contributed by atoms with Gasteiger partial charge in [0.15, 0.2) is 0 Å². The summed E-state index contributed by atoms with van der Waals surface area (Å²) in [5.74, 6) is 0.0174. The van der Waals surface area contributed by atoms with Crippen molar-refractivity contribution < 1.29 is 17.9 Å². The van der Waals surface area contributed by atoms with Crippen molar-refractivity contribution in [3.05, 3.63) is 53.1 Å². The van der Waals surface area contributed by atoms with Crippen LogP contribution < -0.4 is 10.1 Å². The first kappa shape index (κ1) is 21.6. The number of carbonyl (C=O) groups is 1. The van der Waals surface area contributed by atoms with Crippen LogP contribution in [0, 0.1) is 0 Å². The van der Waals surface area contributed by atoms with E-state index in [9.17, 15) is 13.2 Å². The average molecular weight is 437 g/mol. The van der Waals surface area contributed by atoms with E-state index in [0.717, 1.165) is 25.7 Å². The zero-order valence-corrected chi connectivity index (χ0v) is 18.1. The number of hydrogen-bond donors (Lipinski definition) is 1. The largest absolute Gasteiger partial charge is 0.496 e. The first-order valence-corrected chi connectivity index (χ1v) is 11.5. The highest BCUT2D eigenvalue weighted by molar-refractivity contribution is 7.89. The van der Waals surface area contributed by atoms with E-state index in [2.05, 4.69) is 5.32 Å². The number of nitrogens with one attached hydrogen (secondary N) is 1. The van der Waals surface area contributed by atoms with Crippen LogP contribution >= 0.6 is 11.6 Å². The fourth-order valence-corrected chi connectivity index (χ4v) is 5.54. The van der Waals surface area contributed by atoms with Crippen LogP contribution in [-0.4, -0.2) is 38.3 Å². The molecule has 1 aliphatic heterocycles. The number of hydrogen-bond acceptors (Lipinski definition) is 4. The number of piperidine rings is 1. The first-order valence-electron chi connectivity index (χ1n) is 9.63. The zero-order chi connectivity index (χ0) is 21.0. The van der Waals surface area contributed by atoms with Crippen molar-refractivity contribution in [1.29, 1.82) is 0 Å². The van der Waals surface area contributed by atoms with Gasteiger partial charge in [0, 0.05) is 23.3 Å². The summed E-state index contributed by atoms with van der Waals surface area (Å²) in [5, 5.41) is 3.17. The number of nitrogens with zero attached hydrogens (tertiary/aromatic N) is 1. The third kappa shape index (κ3) is 4.74. The summed E-state index contributed by atoms with van der Waals surface area (Å²) in [4.78, 5) is 12.8. The van der Waals surface area contributed by atoms with E-state index < -0.39 is 10.0 Å². The third-order valence-corrected chi connectivity index (χ3v) is 7.37. The summed E-state index contributed by atoms with van der Waals surface area (Å²) in [5.41, 5.74) is 0.789. The molecule has 29 heavy (non-hydrogen) atoms. The number of methoxy groups -OCH3 is 1. The third-order valence-electron chi connectivity index (χ3n) is 5.17. The van der Waals surface area contributed by atoms with Gasteiger partial charge in [0.25, 0.3) is 5.91 Å². The number of amides is 1. The highest BCUT2D eigenvalue weighted by Crippen LogP contribution is 2.28. The number of sulfonamides is 1. The van der Waals surface area contributed by atoms with Crippen molar-refractivity contribution in [3.8, 4) is 5.75 Å². The molecule has 1 heterocycles. The van der Waals surface area contributed by atoms with Gasteiger partial charge in [0.05, 0.1) is 17.6 Å². The van der Waals surface area contributed by atoms with E-state index in [1.54, 1.807) is 28.6 Å². The molecule has 2 aromatic rings. The average Bonchev–Trinajstić information content (AvgIpc) is 2.74. The molecule has 1 amide bonds. The van der Waals surface area contributed by atoms with Gasteiger partial charge in [-0.2, -0.15) is 4.31 Å². The van der Waals surface area contributed by atoms with Gasteiger partial charge < -0.3 is 10.1 Å². The van der Waals surface area contributed by atoms with Crippen LogP contribution in [0.25, 0.3) is 0 Å². The summed E-state index contributed by atoms with van der Waals surface area (Å²) in [7, 11) is -2.08. The van der Waals surface area contributed by atoms with E-state index in [1.165, 1.54) is 25.3 Å². The van der Waals surface area contributed by atoms with Crippen molar-refractivity contribution in [2.45, 2.75) is 43.5 Å². The Labute approximate surface area is 176 Å². The van der Waals surface area contributed by atoms with Crippen LogP contribution in [-0.2, 0) is 10.0 Å². The summed E-state index contributed by atoms with van der Waals surface area (Å²) in [6.45, 7) is 2.56. The molecule has 1 saturated heterocycles. The molecule has 8 heteroatoms. The van der Waals surface area contributed by atoms with E-state index >= 15 is 0 Å². The Kier molecular flexibility index (Phi) is 6.82. The van der Waals surface area contributed by atoms with E-state index in [-0.39, 0.29) is 16.8 Å². The number of anilines is 1. The van der Waals surface area contributed by atoms with Gasteiger partial charge >= 0.3 is 0 Å². The van der Waals surface area contributed by atoms with Gasteiger partial charge in [-0.25, -0.2) is 8.42 Å². The van der Waals surface area contributed by atoms with Gasteiger partial charge in [-0.05, 0) is 61.7 Å². The standard InChI is InChI=1S/C21H25ClN2O4S/c1-3-17-6-4-5-13-24(17)29(26,27)18-10-8-16(9-11-18)23-21(25)19-14-15(22)7-12-20(19)28-2/h7-12,14,17H,3-6,13H2,1-2H3,(H,23,25). The number of halogens is 1. The van der Waals surface area contributed by atoms with Gasteiger partial charge in [-0.15, -0.1) is 0 Å². The highest BCUT2D eigenvalue weighted by atomic mass is 35.5. The molecular formula is C21H25ClN2O4S. The normalized spacial score (nSPS) is 17.7. The highest BCUT2D eigenvalue weighted by Gasteiger charge is 2.32. The lowest BCUT2D eigenvalue weighted by atomic mass is 10.0. The molecule has 0 bridgehead atoms. The van der Waals surface area contributed by atoms with Crippen LogP contribution in [0.2, 0.25) is 5.02 Å². The van der Waals surface area contributed by atoms with Crippen molar-refractivity contribution in [1.82, 2.24) is 4.31 Å². The lowest BCUT2D eigenvalue weighted by molar-refractivity contribution is 0.102. The Bertz CT molecular complexity index is 977. The fraction of sp³-hybridized carbons (Fsp3) is 0.381. The second-order valence-corrected chi connectivity index (χ2v) is 9.32. The maximum absolute atomic E-state index is 13.0. The van der Waals surface area contributed by atoms with E-state index in [1.807, 2.05) is 6.92 Å². The minimum absolute atomic E-state index is 0.0448. The number of carbonyl (C=O) groups excluding carboxylic acids is 1. The van der Waals surface area contributed by atoms with Gasteiger partial charge in [0.2, 0.25) is 10.0 Å². The molecule has 1 atom stereocenters. The SMILES string of the molecule is CCC1CCCCN1S(=O)(=O)c1ccc(NC(=O)c2cc(Cl)ccc2OC)cc1. The molecule has 1 aliphatic rings. The van der Waals surface area contributed by atoms with Crippen LogP contribution in [0.5, 0.6) is 5.75 Å². The molecule has 1 unspecified atom stereocenters. The van der Waals surface area contributed by atoms with Crippen molar-refractivity contribution in [2.24, 2.45) is 0 Å². The minimum Gasteiger partial charge on any atom is -0.496 e. The van der Waals surface area contributed by atoms with Crippen LogP contribution in [0.4, 0.5) is 5.69 Å². The van der Waals surface area contributed by atoms with Crippen molar-refractivity contribution in [3.63, 3.8) is 0 Å². The first-order chi connectivity index (χ1) is 13.9. The summed E-state index contributed by atoms with van der Waals surface area (Å²) >= 11 is 5.98. The lowest BCUT2D eigenvalue weighted by Crippen LogP contribution is -2.43. The van der Waals surface area contributed by atoms with E-state index in [4.69, 9.17) is 16.3 Å². The second-order valence-electron chi connectivity index (χ2n) is 7.00. The molecule has 156 valence electrons. The van der Waals surface area contributed by atoms with Gasteiger partial charge in [-0.3, -0.25) is 4.79 Å². The minimum atomic E-state index is -3.55. The number of rotatable bonds is 6. The predicted molar refractivity (Wildman–Crippen MR) is 114 cm³/mol. The van der Waals surface area contributed by atoms with Gasteiger partial charge in [-0.1, -0.05) is 24.9 Å². The Morgan fingerprint density at radius 1 is 1.21 bits per heavy atom. The van der Waals surface area contributed by atoms with Gasteiger partial charge in [0.1, 0.15) is 5.75 Å². The second kappa shape index (κ2) is 9.15. The molecule has 1 N–H and O–H groups in total. The lowest BCUT2D eigenvalue weighted by Gasteiger charge is -2.34. The van der Waals surface area contributed by atoms with E-state index in [0.29, 0.717) is 28.6 Å². The van der Waals surface area contributed by atoms with Crippen molar-refractivity contribution in [2.75, 3.05) is 19.0 Å². The summed E-state index contributed by atoms with van der Waals surface area (Å²) < 4.78 is 32.9. The molecule has 0 radical (unpaired) electrons. The zero-order valence-electron chi connectivity index (χ0n) is 16.5. The molecule has 0 saturated carbocycles. The molecule has 2 aromatic carbocycles. The molecule has 1 fully saturated rings. The topological polar surface area (TPSA) is 75.7 Å². The maximum Gasteiger partial charge on any atom is 0.259 e. The summed E-state index contributed by atoms with van der Waals surface area (Å²) in [6.07, 6.45) is 3.63. The maximum atomic E-state index is 13.0. The Morgan fingerprint density at radius 3 is 2.59 bits per heavy atom.